The molecule has 98 valence electrons. The normalized spacial score (nSPS) is 14.3. The summed E-state index contributed by atoms with van der Waals surface area (Å²) < 4.78 is 5.27. The van der Waals surface area contributed by atoms with Gasteiger partial charge in [-0.1, -0.05) is 0 Å². The molecule has 1 fully saturated rings. The smallest absolute Gasteiger partial charge is 0.323 e. The third kappa shape index (κ3) is 3.58. The molecule has 0 amide bonds. The van der Waals surface area contributed by atoms with E-state index in [1.807, 2.05) is 6.92 Å². The number of carbonyl (C=O) groups is 1. The van der Waals surface area contributed by atoms with Crippen molar-refractivity contribution >= 4 is 11.8 Å². The number of nitrogens with zero attached hydrogens (tertiary/aromatic N) is 3. The minimum absolute atomic E-state index is 0.0548. The highest BCUT2D eigenvalue weighted by Crippen LogP contribution is 2.31. The maximum absolute atomic E-state index is 10.9. The number of aromatic nitrogens is 2. The summed E-state index contributed by atoms with van der Waals surface area (Å²) in [6, 6.07) is 0. The summed E-state index contributed by atoms with van der Waals surface area (Å²) in [4.78, 5) is 20.9. The number of rotatable bonds is 7. The van der Waals surface area contributed by atoms with Crippen molar-refractivity contribution in [2.75, 3.05) is 24.6 Å². The lowest BCUT2D eigenvalue weighted by molar-refractivity contribution is -0.135. The van der Waals surface area contributed by atoms with E-state index in [-0.39, 0.29) is 6.54 Å². The fourth-order valence-corrected chi connectivity index (χ4v) is 1.72. The second-order valence-corrected chi connectivity index (χ2v) is 4.37. The molecule has 1 saturated carbocycles. The second kappa shape index (κ2) is 5.66. The van der Waals surface area contributed by atoms with Crippen LogP contribution in [0.4, 0.5) is 5.82 Å². The number of hydrogen-bond acceptors (Lipinski definition) is 5. The molecule has 1 heterocycles. The van der Waals surface area contributed by atoms with Crippen LogP contribution in [0.3, 0.4) is 0 Å². The Hall–Kier alpha value is -1.85. The van der Waals surface area contributed by atoms with Gasteiger partial charge < -0.3 is 14.7 Å². The van der Waals surface area contributed by atoms with Crippen LogP contribution in [0, 0.1) is 5.92 Å². The average Bonchev–Trinajstić information content (AvgIpc) is 3.12. The second-order valence-electron chi connectivity index (χ2n) is 4.37. The van der Waals surface area contributed by atoms with Crippen molar-refractivity contribution in [1.29, 1.82) is 0 Å². The maximum Gasteiger partial charge on any atom is 0.323 e. The number of ether oxygens (including phenoxy) is 1. The topological polar surface area (TPSA) is 75.5 Å². The lowest BCUT2D eigenvalue weighted by atomic mass is 10.3. The zero-order valence-corrected chi connectivity index (χ0v) is 10.4. The highest BCUT2D eigenvalue weighted by molar-refractivity contribution is 5.73. The van der Waals surface area contributed by atoms with Gasteiger partial charge in [0.1, 0.15) is 6.54 Å². The van der Waals surface area contributed by atoms with E-state index in [0.29, 0.717) is 24.2 Å². The summed E-state index contributed by atoms with van der Waals surface area (Å²) in [5.74, 6) is 0.720. The molecule has 1 aliphatic carbocycles. The van der Waals surface area contributed by atoms with E-state index in [4.69, 9.17) is 9.84 Å². The van der Waals surface area contributed by atoms with E-state index < -0.39 is 5.97 Å². The highest BCUT2D eigenvalue weighted by atomic mass is 16.5. The Morgan fingerprint density at radius 1 is 1.56 bits per heavy atom. The van der Waals surface area contributed by atoms with Crippen molar-refractivity contribution in [3.05, 3.63) is 12.4 Å². The van der Waals surface area contributed by atoms with Crippen molar-refractivity contribution in [3.8, 4) is 5.88 Å². The predicted molar refractivity (Wildman–Crippen MR) is 65.8 cm³/mol. The van der Waals surface area contributed by atoms with Gasteiger partial charge in [0.05, 0.1) is 19.0 Å². The van der Waals surface area contributed by atoms with E-state index in [0.717, 1.165) is 19.4 Å². The van der Waals surface area contributed by atoms with Crippen LogP contribution in [0.5, 0.6) is 5.88 Å². The molecule has 0 unspecified atom stereocenters. The van der Waals surface area contributed by atoms with Gasteiger partial charge in [0.25, 0.3) is 0 Å². The third-order valence-electron chi connectivity index (χ3n) is 2.72. The first-order chi connectivity index (χ1) is 8.69. The van der Waals surface area contributed by atoms with Crippen molar-refractivity contribution in [3.63, 3.8) is 0 Å². The minimum Gasteiger partial charge on any atom is -0.480 e. The average molecular weight is 251 g/mol. The van der Waals surface area contributed by atoms with Gasteiger partial charge in [0, 0.05) is 6.54 Å². The van der Waals surface area contributed by atoms with Crippen LogP contribution in [0.15, 0.2) is 12.4 Å². The first-order valence-electron chi connectivity index (χ1n) is 6.10. The monoisotopic (exact) mass is 251 g/mol. The van der Waals surface area contributed by atoms with Crippen LogP contribution in [0.1, 0.15) is 19.8 Å². The third-order valence-corrected chi connectivity index (χ3v) is 2.72. The van der Waals surface area contributed by atoms with Gasteiger partial charge in [-0.2, -0.15) is 4.98 Å². The molecule has 2 rings (SSSR count). The summed E-state index contributed by atoms with van der Waals surface area (Å²) in [6.45, 7) is 3.05. The molecule has 6 heteroatoms. The van der Waals surface area contributed by atoms with Gasteiger partial charge in [-0.3, -0.25) is 9.78 Å². The predicted octanol–water partition coefficient (Wildman–Crippen LogP) is 1.18. The molecule has 0 atom stereocenters. The molecule has 0 spiro atoms. The number of carboxylic acids is 1. The maximum atomic E-state index is 10.9. The summed E-state index contributed by atoms with van der Waals surface area (Å²) in [5.41, 5.74) is 0. The van der Waals surface area contributed by atoms with Gasteiger partial charge in [-0.15, -0.1) is 0 Å². The number of carboxylic acid groups (broad SMARTS) is 1. The molecule has 1 N–H and O–H groups in total. The standard InChI is InChI=1S/C12H17N3O3/c1-2-18-11-6-13-5-10(14-11)15(8-12(16)17)7-9-3-4-9/h5-6,9H,2-4,7-8H2,1H3,(H,16,17). The van der Waals surface area contributed by atoms with Gasteiger partial charge in [0.2, 0.25) is 5.88 Å². The van der Waals surface area contributed by atoms with E-state index in [1.54, 1.807) is 11.1 Å². The number of aliphatic carboxylic acids is 1. The molecular weight excluding hydrogens is 234 g/mol. The van der Waals surface area contributed by atoms with Crippen LogP contribution in [-0.2, 0) is 4.79 Å². The fourth-order valence-electron chi connectivity index (χ4n) is 1.72. The zero-order chi connectivity index (χ0) is 13.0. The lowest BCUT2D eigenvalue weighted by Gasteiger charge is -2.21. The molecule has 0 bridgehead atoms. The van der Waals surface area contributed by atoms with Crippen LogP contribution in [0.2, 0.25) is 0 Å². The fraction of sp³-hybridized carbons (Fsp3) is 0.583. The largest absolute Gasteiger partial charge is 0.480 e. The summed E-state index contributed by atoms with van der Waals surface area (Å²) in [5, 5.41) is 8.93. The van der Waals surface area contributed by atoms with Gasteiger partial charge in [-0.25, -0.2) is 0 Å². The van der Waals surface area contributed by atoms with Crippen molar-refractivity contribution in [2.45, 2.75) is 19.8 Å². The summed E-state index contributed by atoms with van der Waals surface area (Å²) in [6.07, 6.45) is 5.43. The first-order valence-corrected chi connectivity index (χ1v) is 6.10. The minimum atomic E-state index is -0.862. The van der Waals surface area contributed by atoms with E-state index in [2.05, 4.69) is 9.97 Å². The van der Waals surface area contributed by atoms with Crippen LogP contribution in [0.25, 0.3) is 0 Å². The molecule has 0 aromatic carbocycles. The molecule has 0 aliphatic heterocycles. The summed E-state index contributed by atoms with van der Waals surface area (Å²) in [7, 11) is 0. The quantitative estimate of drug-likeness (QED) is 0.784. The first kappa shape index (κ1) is 12.6. The van der Waals surface area contributed by atoms with Gasteiger partial charge in [-0.05, 0) is 25.7 Å². The Morgan fingerprint density at radius 3 is 2.94 bits per heavy atom. The molecule has 1 aliphatic rings. The molecule has 0 saturated heterocycles. The Morgan fingerprint density at radius 2 is 2.33 bits per heavy atom. The van der Waals surface area contributed by atoms with Gasteiger partial charge >= 0.3 is 5.97 Å². The van der Waals surface area contributed by atoms with Gasteiger partial charge in [0.15, 0.2) is 5.82 Å². The number of hydrogen-bond donors (Lipinski definition) is 1. The number of anilines is 1. The van der Waals surface area contributed by atoms with Crippen molar-refractivity contribution in [1.82, 2.24) is 9.97 Å². The molecule has 1 aromatic rings. The van der Waals surface area contributed by atoms with E-state index >= 15 is 0 Å². The Labute approximate surface area is 106 Å². The molecule has 18 heavy (non-hydrogen) atoms. The van der Waals surface area contributed by atoms with Crippen molar-refractivity contribution in [2.24, 2.45) is 5.92 Å². The van der Waals surface area contributed by atoms with Crippen molar-refractivity contribution < 1.29 is 14.6 Å². The lowest BCUT2D eigenvalue weighted by Crippen LogP contribution is -2.32. The molecule has 6 nitrogen and oxygen atoms in total. The van der Waals surface area contributed by atoms with Crippen LogP contribution in [-0.4, -0.2) is 40.7 Å². The zero-order valence-electron chi connectivity index (χ0n) is 10.4. The Bertz CT molecular complexity index is 421. The Kier molecular flexibility index (Phi) is 3.96. The molecule has 1 aromatic heterocycles. The molecule has 0 radical (unpaired) electrons. The summed E-state index contributed by atoms with van der Waals surface area (Å²) >= 11 is 0. The SMILES string of the molecule is CCOc1cncc(N(CC(=O)O)CC2CC2)n1. The Balaban J connectivity index is 2.11. The van der Waals surface area contributed by atoms with E-state index in [9.17, 15) is 4.79 Å². The highest BCUT2D eigenvalue weighted by Gasteiger charge is 2.26. The van der Waals surface area contributed by atoms with Crippen LogP contribution < -0.4 is 9.64 Å². The molecular formula is C12H17N3O3. The van der Waals surface area contributed by atoms with Crippen LogP contribution >= 0.6 is 0 Å². The van der Waals surface area contributed by atoms with E-state index in [1.165, 1.54) is 6.20 Å².